The molecular formula is C8H11ClF2N4O. The van der Waals surface area contributed by atoms with E-state index >= 15 is 0 Å². The van der Waals surface area contributed by atoms with Crippen LogP contribution in [0.2, 0.25) is 5.28 Å². The first-order chi connectivity index (χ1) is 7.52. The summed E-state index contributed by atoms with van der Waals surface area (Å²) in [6, 6.07) is 0.0265. The van der Waals surface area contributed by atoms with E-state index in [0.717, 1.165) is 0 Å². The lowest BCUT2D eigenvalue weighted by Gasteiger charge is -2.16. The first kappa shape index (κ1) is 12.8. The SMILES string of the molecule is CCOc1nc(Cl)nc(N(C)CC(F)F)n1. The smallest absolute Gasteiger partial charge is 0.322 e. The molecule has 1 aromatic heterocycles. The number of rotatable bonds is 5. The Kier molecular flexibility index (Phi) is 4.60. The highest BCUT2D eigenvalue weighted by Gasteiger charge is 2.13. The lowest BCUT2D eigenvalue weighted by atomic mass is 10.6. The van der Waals surface area contributed by atoms with Crippen molar-refractivity contribution in [1.29, 1.82) is 0 Å². The summed E-state index contributed by atoms with van der Waals surface area (Å²) >= 11 is 5.61. The van der Waals surface area contributed by atoms with E-state index in [1.54, 1.807) is 6.92 Å². The van der Waals surface area contributed by atoms with Crippen LogP contribution in [0.3, 0.4) is 0 Å². The summed E-state index contributed by atoms with van der Waals surface area (Å²) in [6.45, 7) is 1.63. The molecule has 0 N–H and O–H groups in total. The van der Waals surface area contributed by atoms with Gasteiger partial charge in [0, 0.05) is 7.05 Å². The fourth-order valence-electron chi connectivity index (χ4n) is 0.975. The van der Waals surface area contributed by atoms with Crippen LogP contribution in [-0.2, 0) is 0 Å². The monoisotopic (exact) mass is 252 g/mol. The first-order valence-corrected chi connectivity index (χ1v) is 4.94. The Hall–Kier alpha value is -1.24. The number of nitrogens with zero attached hydrogens (tertiary/aromatic N) is 4. The number of aromatic nitrogens is 3. The van der Waals surface area contributed by atoms with E-state index in [1.807, 2.05) is 0 Å². The van der Waals surface area contributed by atoms with E-state index in [2.05, 4.69) is 15.0 Å². The predicted octanol–water partition coefficient (Wildman–Crippen LogP) is 1.62. The van der Waals surface area contributed by atoms with Crippen LogP contribution in [0.4, 0.5) is 14.7 Å². The van der Waals surface area contributed by atoms with Gasteiger partial charge in [-0.25, -0.2) is 8.78 Å². The number of anilines is 1. The molecule has 0 saturated carbocycles. The van der Waals surface area contributed by atoms with Crippen LogP contribution in [0.5, 0.6) is 6.01 Å². The third-order valence-corrected chi connectivity index (χ3v) is 1.77. The zero-order valence-corrected chi connectivity index (χ0v) is 9.58. The van der Waals surface area contributed by atoms with Gasteiger partial charge in [0.2, 0.25) is 11.2 Å². The third kappa shape index (κ3) is 3.73. The van der Waals surface area contributed by atoms with Crippen molar-refractivity contribution >= 4 is 17.5 Å². The number of hydrogen-bond acceptors (Lipinski definition) is 5. The second kappa shape index (κ2) is 5.74. The van der Waals surface area contributed by atoms with Crippen molar-refractivity contribution in [3.63, 3.8) is 0 Å². The molecule has 0 spiro atoms. The van der Waals surface area contributed by atoms with Crippen LogP contribution in [0.15, 0.2) is 0 Å². The zero-order valence-electron chi connectivity index (χ0n) is 8.82. The minimum atomic E-state index is -2.48. The highest BCUT2D eigenvalue weighted by Crippen LogP contribution is 2.14. The van der Waals surface area contributed by atoms with Crippen molar-refractivity contribution in [3.05, 3.63) is 5.28 Å². The van der Waals surface area contributed by atoms with Gasteiger partial charge >= 0.3 is 6.01 Å². The van der Waals surface area contributed by atoms with Gasteiger partial charge in [-0.15, -0.1) is 0 Å². The quantitative estimate of drug-likeness (QED) is 0.797. The van der Waals surface area contributed by atoms with Crippen LogP contribution in [-0.4, -0.2) is 41.6 Å². The van der Waals surface area contributed by atoms with E-state index in [4.69, 9.17) is 16.3 Å². The summed E-state index contributed by atoms with van der Waals surface area (Å²) in [7, 11) is 1.44. The molecule has 16 heavy (non-hydrogen) atoms. The molecule has 90 valence electrons. The molecule has 0 amide bonds. The Bertz CT molecular complexity index is 353. The maximum Gasteiger partial charge on any atom is 0.322 e. The lowest BCUT2D eigenvalue weighted by Crippen LogP contribution is -2.26. The summed E-state index contributed by atoms with van der Waals surface area (Å²) in [5.41, 5.74) is 0. The van der Waals surface area contributed by atoms with Gasteiger partial charge in [-0.2, -0.15) is 15.0 Å². The minimum Gasteiger partial charge on any atom is -0.464 e. The van der Waals surface area contributed by atoms with Gasteiger partial charge in [-0.3, -0.25) is 0 Å². The van der Waals surface area contributed by atoms with Crippen LogP contribution < -0.4 is 9.64 Å². The fourth-order valence-corrected chi connectivity index (χ4v) is 1.12. The predicted molar refractivity (Wildman–Crippen MR) is 55.3 cm³/mol. The maximum atomic E-state index is 12.1. The molecular weight excluding hydrogens is 242 g/mol. The van der Waals surface area contributed by atoms with Gasteiger partial charge in [0.05, 0.1) is 13.2 Å². The normalized spacial score (nSPS) is 10.6. The standard InChI is InChI=1S/C8H11ClF2N4O/c1-3-16-8-13-6(9)12-7(14-8)15(2)4-5(10)11/h5H,3-4H2,1-2H3. The van der Waals surface area contributed by atoms with Crippen LogP contribution >= 0.6 is 11.6 Å². The molecule has 1 rings (SSSR count). The molecule has 1 heterocycles. The van der Waals surface area contributed by atoms with Gasteiger partial charge in [-0.1, -0.05) is 0 Å². The van der Waals surface area contributed by atoms with Crippen molar-refractivity contribution in [2.24, 2.45) is 0 Å². The Labute approximate surface area is 96.4 Å². The van der Waals surface area contributed by atoms with E-state index in [9.17, 15) is 8.78 Å². The zero-order chi connectivity index (χ0) is 12.1. The number of alkyl halides is 2. The molecule has 5 nitrogen and oxygen atoms in total. The molecule has 0 aliphatic heterocycles. The minimum absolute atomic E-state index is 0.0265. The van der Waals surface area contributed by atoms with Crippen LogP contribution in [0, 0.1) is 0 Å². The van der Waals surface area contributed by atoms with Gasteiger partial charge in [-0.05, 0) is 18.5 Å². The highest BCUT2D eigenvalue weighted by atomic mass is 35.5. The van der Waals surface area contributed by atoms with E-state index < -0.39 is 13.0 Å². The maximum absolute atomic E-state index is 12.1. The largest absolute Gasteiger partial charge is 0.464 e. The van der Waals surface area contributed by atoms with Crippen LogP contribution in [0.1, 0.15) is 6.92 Å². The molecule has 0 atom stereocenters. The number of halogens is 3. The van der Waals surface area contributed by atoms with Gasteiger partial charge in [0.15, 0.2) is 0 Å². The summed E-state index contributed by atoms with van der Waals surface area (Å²) in [5, 5.41) is -0.0884. The van der Waals surface area contributed by atoms with Crippen molar-refractivity contribution in [1.82, 2.24) is 15.0 Å². The molecule has 0 aromatic carbocycles. The van der Waals surface area contributed by atoms with Crippen LogP contribution in [0.25, 0.3) is 0 Å². The van der Waals surface area contributed by atoms with Crippen molar-refractivity contribution in [2.75, 3.05) is 25.1 Å². The summed E-state index contributed by atoms with van der Waals surface area (Å²) in [6.07, 6.45) is -2.48. The van der Waals surface area contributed by atoms with Gasteiger partial charge in [0.1, 0.15) is 0 Å². The average Bonchev–Trinajstić information content (AvgIpc) is 2.16. The van der Waals surface area contributed by atoms with Crippen molar-refractivity contribution < 1.29 is 13.5 Å². The molecule has 0 aliphatic rings. The van der Waals surface area contributed by atoms with Crippen molar-refractivity contribution in [2.45, 2.75) is 13.3 Å². The Morgan fingerprint density at radius 2 is 2.06 bits per heavy atom. The molecule has 0 saturated heterocycles. The van der Waals surface area contributed by atoms with Gasteiger partial charge < -0.3 is 9.64 Å². The number of ether oxygens (including phenoxy) is 1. The second-order valence-corrected chi connectivity index (χ2v) is 3.23. The third-order valence-electron chi connectivity index (χ3n) is 1.60. The van der Waals surface area contributed by atoms with Gasteiger partial charge in [0.25, 0.3) is 6.43 Å². The molecule has 0 unspecified atom stereocenters. The summed E-state index contributed by atoms with van der Waals surface area (Å²) in [4.78, 5) is 12.4. The molecule has 1 aromatic rings. The molecule has 8 heteroatoms. The average molecular weight is 253 g/mol. The molecule has 0 bridgehead atoms. The van der Waals surface area contributed by atoms with E-state index in [0.29, 0.717) is 6.61 Å². The van der Waals surface area contributed by atoms with E-state index in [1.165, 1.54) is 11.9 Å². The summed E-state index contributed by atoms with van der Waals surface area (Å²) in [5.74, 6) is 0.0590. The molecule has 0 fully saturated rings. The van der Waals surface area contributed by atoms with Crippen molar-refractivity contribution in [3.8, 4) is 6.01 Å². The fraction of sp³-hybridized carbons (Fsp3) is 0.625. The Morgan fingerprint density at radius 3 is 2.62 bits per heavy atom. The topological polar surface area (TPSA) is 51.1 Å². The highest BCUT2D eigenvalue weighted by molar-refractivity contribution is 6.28. The Balaban J connectivity index is 2.86. The first-order valence-electron chi connectivity index (χ1n) is 4.56. The molecule has 0 aliphatic carbocycles. The second-order valence-electron chi connectivity index (χ2n) is 2.89. The van der Waals surface area contributed by atoms with E-state index in [-0.39, 0.29) is 17.2 Å². The lowest BCUT2D eigenvalue weighted by molar-refractivity contribution is 0.156. The molecule has 0 radical (unpaired) electrons. The number of hydrogen-bond donors (Lipinski definition) is 0. The summed E-state index contributed by atoms with van der Waals surface area (Å²) < 4.78 is 29.3. The Morgan fingerprint density at radius 1 is 1.38 bits per heavy atom.